The van der Waals surface area contributed by atoms with Crippen LogP contribution in [0.25, 0.3) is 0 Å². The highest BCUT2D eigenvalue weighted by atomic mass is 16.2. The number of carbonyl (C=O) groups excluding carboxylic acids is 3. The Morgan fingerprint density at radius 3 is 2.48 bits per heavy atom. The van der Waals surface area contributed by atoms with Crippen LogP contribution in [0.1, 0.15) is 18.9 Å². The summed E-state index contributed by atoms with van der Waals surface area (Å²) in [6.07, 6.45) is 2.00. The zero-order valence-corrected chi connectivity index (χ0v) is 17.9. The Labute approximate surface area is 181 Å². The number of aryl methyl sites for hydroxylation is 1. The van der Waals surface area contributed by atoms with Crippen LogP contribution >= 0.6 is 0 Å². The van der Waals surface area contributed by atoms with Gasteiger partial charge in [-0.3, -0.25) is 9.59 Å². The number of hydrogen-bond donors (Lipinski definition) is 3. The molecule has 0 atom stereocenters. The molecule has 0 spiro atoms. The van der Waals surface area contributed by atoms with Crippen molar-refractivity contribution in [3.8, 4) is 0 Å². The molecule has 1 aliphatic heterocycles. The Balaban J connectivity index is 1.41. The second kappa shape index (κ2) is 10.4. The molecule has 0 saturated carbocycles. The van der Waals surface area contributed by atoms with Crippen molar-refractivity contribution in [1.29, 1.82) is 0 Å². The van der Waals surface area contributed by atoms with Crippen molar-refractivity contribution in [2.75, 3.05) is 48.3 Å². The molecular formula is C22H28N6O3. The number of carbonyl (C=O) groups is 3. The molecule has 0 bridgehead atoms. The van der Waals surface area contributed by atoms with Crippen LogP contribution in [0.4, 0.5) is 22.0 Å². The molecule has 4 amide bonds. The maximum atomic E-state index is 12.5. The first-order chi connectivity index (χ1) is 14.9. The van der Waals surface area contributed by atoms with E-state index in [1.807, 2.05) is 36.1 Å². The lowest BCUT2D eigenvalue weighted by Gasteiger charge is -2.35. The van der Waals surface area contributed by atoms with E-state index in [9.17, 15) is 14.4 Å². The van der Waals surface area contributed by atoms with Crippen molar-refractivity contribution in [3.05, 3.63) is 48.2 Å². The first kappa shape index (κ1) is 22.1. The van der Waals surface area contributed by atoms with Crippen LogP contribution in [0.15, 0.2) is 42.6 Å². The average Bonchev–Trinajstić information content (AvgIpc) is 2.76. The normalized spacial score (nSPS) is 13.5. The molecule has 1 saturated heterocycles. The molecule has 1 aromatic carbocycles. The van der Waals surface area contributed by atoms with E-state index in [0.717, 1.165) is 24.5 Å². The Morgan fingerprint density at radius 1 is 1.03 bits per heavy atom. The smallest absolute Gasteiger partial charge is 0.319 e. The van der Waals surface area contributed by atoms with Gasteiger partial charge in [0.15, 0.2) is 0 Å². The Kier molecular flexibility index (Phi) is 7.42. The van der Waals surface area contributed by atoms with Gasteiger partial charge in [-0.05, 0) is 36.8 Å². The van der Waals surface area contributed by atoms with Crippen molar-refractivity contribution in [2.45, 2.75) is 20.3 Å². The van der Waals surface area contributed by atoms with Crippen LogP contribution in [-0.2, 0) is 9.59 Å². The first-order valence-electron chi connectivity index (χ1n) is 10.3. The van der Waals surface area contributed by atoms with Crippen molar-refractivity contribution in [2.24, 2.45) is 0 Å². The Hall–Kier alpha value is -3.62. The minimum atomic E-state index is -0.393. The van der Waals surface area contributed by atoms with Crippen LogP contribution in [0.3, 0.4) is 0 Å². The number of anilines is 3. The molecule has 0 radical (unpaired) electrons. The number of urea groups is 1. The van der Waals surface area contributed by atoms with E-state index >= 15 is 0 Å². The lowest BCUT2D eigenvalue weighted by molar-refractivity contribution is -0.131. The third-order valence-corrected chi connectivity index (χ3v) is 5.04. The third kappa shape index (κ3) is 6.43. The number of benzene rings is 1. The van der Waals surface area contributed by atoms with Crippen LogP contribution in [0, 0.1) is 6.92 Å². The number of piperazine rings is 1. The standard InChI is InChI=1S/C22H28N6O3/c1-16-6-7-18(25-17(2)29)15-19(16)26-22(31)24-10-8-21(30)28-13-11-27(12-14-28)20-5-3-4-9-23-20/h3-7,9,15H,8,10-14H2,1-2H3,(H,25,29)(H2,24,26,31). The summed E-state index contributed by atoms with van der Waals surface area (Å²) in [4.78, 5) is 44.2. The van der Waals surface area contributed by atoms with Crippen molar-refractivity contribution in [3.63, 3.8) is 0 Å². The van der Waals surface area contributed by atoms with Gasteiger partial charge in [-0.2, -0.15) is 0 Å². The number of aromatic nitrogens is 1. The van der Waals surface area contributed by atoms with Gasteiger partial charge in [0, 0.05) is 63.6 Å². The highest BCUT2D eigenvalue weighted by Crippen LogP contribution is 2.20. The fourth-order valence-electron chi connectivity index (χ4n) is 3.37. The van der Waals surface area contributed by atoms with E-state index in [-0.39, 0.29) is 24.8 Å². The van der Waals surface area contributed by atoms with E-state index in [1.54, 1.807) is 18.3 Å². The fourth-order valence-corrected chi connectivity index (χ4v) is 3.37. The number of nitrogens with one attached hydrogen (secondary N) is 3. The zero-order chi connectivity index (χ0) is 22.2. The van der Waals surface area contributed by atoms with Gasteiger partial charge in [-0.15, -0.1) is 0 Å². The van der Waals surface area contributed by atoms with Gasteiger partial charge in [0.2, 0.25) is 11.8 Å². The molecule has 1 aliphatic rings. The number of pyridine rings is 1. The molecule has 1 aromatic heterocycles. The summed E-state index contributed by atoms with van der Waals surface area (Å²) in [5.41, 5.74) is 2.07. The van der Waals surface area contributed by atoms with Gasteiger partial charge in [-0.1, -0.05) is 12.1 Å². The molecular weight excluding hydrogens is 396 g/mol. The van der Waals surface area contributed by atoms with Crippen molar-refractivity contribution >= 4 is 35.0 Å². The Morgan fingerprint density at radius 2 is 1.81 bits per heavy atom. The summed E-state index contributed by atoms with van der Waals surface area (Å²) in [5.74, 6) is 0.759. The Bertz CT molecular complexity index is 926. The molecule has 9 nitrogen and oxygen atoms in total. The van der Waals surface area contributed by atoms with Gasteiger partial charge in [0.25, 0.3) is 0 Å². The maximum absolute atomic E-state index is 12.5. The molecule has 0 unspecified atom stereocenters. The molecule has 164 valence electrons. The summed E-state index contributed by atoms with van der Waals surface area (Å²) in [6, 6.07) is 10.7. The average molecular weight is 425 g/mol. The lowest BCUT2D eigenvalue weighted by Crippen LogP contribution is -2.49. The van der Waals surface area contributed by atoms with Gasteiger partial charge in [0.05, 0.1) is 0 Å². The number of amides is 4. The summed E-state index contributed by atoms with van der Waals surface area (Å²) in [6.45, 7) is 6.28. The van der Waals surface area contributed by atoms with Crippen molar-refractivity contribution < 1.29 is 14.4 Å². The zero-order valence-electron chi connectivity index (χ0n) is 17.9. The number of rotatable bonds is 6. The van der Waals surface area contributed by atoms with Crippen LogP contribution in [0.2, 0.25) is 0 Å². The van der Waals surface area contributed by atoms with E-state index < -0.39 is 6.03 Å². The van der Waals surface area contributed by atoms with Gasteiger partial charge in [0.1, 0.15) is 5.82 Å². The van der Waals surface area contributed by atoms with Gasteiger partial charge in [-0.25, -0.2) is 9.78 Å². The third-order valence-electron chi connectivity index (χ3n) is 5.04. The fraction of sp³-hybridized carbons (Fsp3) is 0.364. The van der Waals surface area contributed by atoms with Gasteiger partial charge < -0.3 is 25.8 Å². The lowest BCUT2D eigenvalue weighted by atomic mass is 10.2. The summed E-state index contributed by atoms with van der Waals surface area (Å²) in [5, 5.41) is 8.16. The minimum absolute atomic E-state index is 0.0183. The predicted molar refractivity (Wildman–Crippen MR) is 120 cm³/mol. The second-order valence-corrected chi connectivity index (χ2v) is 7.40. The van der Waals surface area contributed by atoms with Crippen molar-refractivity contribution in [1.82, 2.24) is 15.2 Å². The van der Waals surface area contributed by atoms with Gasteiger partial charge >= 0.3 is 6.03 Å². The highest BCUT2D eigenvalue weighted by molar-refractivity contribution is 5.93. The maximum Gasteiger partial charge on any atom is 0.319 e. The van der Waals surface area contributed by atoms with E-state index in [1.165, 1.54) is 6.92 Å². The molecule has 9 heteroatoms. The topological polar surface area (TPSA) is 107 Å². The van der Waals surface area contributed by atoms with Crippen LogP contribution in [0.5, 0.6) is 0 Å². The molecule has 3 rings (SSSR count). The van der Waals surface area contributed by atoms with Crippen LogP contribution in [-0.4, -0.2) is 60.5 Å². The summed E-state index contributed by atoms with van der Waals surface area (Å²) < 4.78 is 0. The molecule has 31 heavy (non-hydrogen) atoms. The summed E-state index contributed by atoms with van der Waals surface area (Å²) in [7, 11) is 0. The quantitative estimate of drug-likeness (QED) is 0.659. The molecule has 1 fully saturated rings. The largest absolute Gasteiger partial charge is 0.353 e. The molecule has 3 N–H and O–H groups in total. The number of nitrogens with zero attached hydrogens (tertiary/aromatic N) is 3. The van der Waals surface area contributed by atoms with E-state index in [2.05, 4.69) is 25.8 Å². The molecule has 2 heterocycles. The highest BCUT2D eigenvalue weighted by Gasteiger charge is 2.21. The first-order valence-corrected chi connectivity index (χ1v) is 10.3. The monoisotopic (exact) mass is 424 g/mol. The number of hydrogen-bond acceptors (Lipinski definition) is 5. The molecule has 0 aliphatic carbocycles. The second-order valence-electron chi connectivity index (χ2n) is 7.40. The minimum Gasteiger partial charge on any atom is -0.353 e. The summed E-state index contributed by atoms with van der Waals surface area (Å²) >= 11 is 0. The molecule has 2 aromatic rings. The van der Waals surface area contributed by atoms with Crippen LogP contribution < -0.4 is 20.9 Å². The van der Waals surface area contributed by atoms with E-state index in [0.29, 0.717) is 24.5 Å². The van der Waals surface area contributed by atoms with E-state index in [4.69, 9.17) is 0 Å². The predicted octanol–water partition coefficient (Wildman–Crippen LogP) is 2.21. The SMILES string of the molecule is CC(=O)Nc1ccc(C)c(NC(=O)NCCC(=O)N2CCN(c3ccccn3)CC2)c1.